The second-order valence-electron chi connectivity index (χ2n) is 4.07. The lowest BCUT2D eigenvalue weighted by molar-refractivity contribution is -0.128. The maximum absolute atomic E-state index is 11.6. The van der Waals surface area contributed by atoms with Crippen LogP contribution in [-0.4, -0.2) is 35.4 Å². The minimum absolute atomic E-state index is 0.0169. The average molecular weight is 239 g/mol. The molecule has 1 aliphatic rings. The fraction of sp³-hybridized carbons (Fsp3) is 0.636. The molecule has 1 fully saturated rings. The summed E-state index contributed by atoms with van der Waals surface area (Å²) in [5.74, 6) is 0.200. The zero-order chi connectivity index (χ0) is 11.5. The van der Waals surface area contributed by atoms with E-state index in [9.17, 15) is 4.79 Å². The first-order valence-corrected chi connectivity index (χ1v) is 6.50. The highest BCUT2D eigenvalue weighted by molar-refractivity contribution is 7.09. The number of likely N-dealkylation sites (N-methyl/N-ethyl adjacent to an activating group) is 1. The molecule has 4 nitrogen and oxygen atoms in total. The molecule has 1 aromatic heterocycles. The molecule has 1 saturated heterocycles. The van der Waals surface area contributed by atoms with Crippen molar-refractivity contribution in [1.29, 1.82) is 0 Å². The summed E-state index contributed by atoms with van der Waals surface area (Å²) in [6.07, 6.45) is 1.88. The number of hydrogen-bond donors (Lipinski definition) is 1. The number of thiazole rings is 1. The largest absolute Gasteiger partial charge is 0.344 e. The van der Waals surface area contributed by atoms with E-state index < -0.39 is 0 Å². The maximum Gasteiger partial charge on any atom is 0.239 e. The molecule has 16 heavy (non-hydrogen) atoms. The molecule has 0 radical (unpaired) electrons. The molecule has 1 N–H and O–H groups in total. The molecule has 1 atom stereocenters. The Hall–Kier alpha value is -0.940. The Morgan fingerprint density at radius 1 is 1.69 bits per heavy atom. The average Bonchev–Trinajstić information content (AvgIpc) is 2.86. The van der Waals surface area contributed by atoms with Gasteiger partial charge in [0.25, 0.3) is 0 Å². The summed E-state index contributed by atoms with van der Waals surface area (Å²) >= 11 is 1.69. The predicted molar refractivity (Wildman–Crippen MR) is 64.4 cm³/mol. The van der Waals surface area contributed by atoms with Gasteiger partial charge in [-0.2, -0.15) is 0 Å². The number of carbonyl (C=O) groups excluding carboxylic acids is 1. The van der Waals surface area contributed by atoms with Gasteiger partial charge in [-0.1, -0.05) is 6.92 Å². The third kappa shape index (κ3) is 2.41. The van der Waals surface area contributed by atoms with Crippen molar-refractivity contribution in [3.05, 3.63) is 16.1 Å². The molecule has 5 heteroatoms. The van der Waals surface area contributed by atoms with Crippen LogP contribution < -0.4 is 5.32 Å². The third-order valence-electron chi connectivity index (χ3n) is 2.86. The summed E-state index contributed by atoms with van der Waals surface area (Å²) < 4.78 is 0. The summed E-state index contributed by atoms with van der Waals surface area (Å²) in [6.45, 7) is 3.65. The van der Waals surface area contributed by atoms with E-state index in [0.717, 1.165) is 30.1 Å². The molecule has 2 heterocycles. The molecule has 88 valence electrons. The number of nitrogens with zero attached hydrogens (tertiary/aromatic N) is 2. The first-order valence-electron chi connectivity index (χ1n) is 5.62. The highest BCUT2D eigenvalue weighted by Gasteiger charge is 2.28. The predicted octanol–water partition coefficient (Wildman–Crippen LogP) is 1.03. The standard InChI is InChI=1S/C11H17N3OS/c1-3-10-13-8(7-16-10)6-12-9-4-5-14(2)11(9)15/h7,9,12H,3-6H2,1-2H3. The van der Waals surface area contributed by atoms with Crippen LogP contribution in [0, 0.1) is 0 Å². The normalized spacial score (nSPS) is 20.8. The Labute approximate surface area is 99.7 Å². The Kier molecular flexibility index (Phi) is 3.56. The SMILES string of the molecule is CCc1nc(CNC2CCN(C)C2=O)cs1. The van der Waals surface area contributed by atoms with E-state index in [4.69, 9.17) is 0 Å². The number of carbonyl (C=O) groups is 1. The first-order chi connectivity index (χ1) is 7.70. The smallest absolute Gasteiger partial charge is 0.239 e. The van der Waals surface area contributed by atoms with E-state index in [1.54, 1.807) is 16.2 Å². The number of hydrogen-bond acceptors (Lipinski definition) is 4. The zero-order valence-electron chi connectivity index (χ0n) is 9.69. The first kappa shape index (κ1) is 11.5. The van der Waals surface area contributed by atoms with Crippen LogP contribution in [0.15, 0.2) is 5.38 Å². The van der Waals surface area contributed by atoms with Gasteiger partial charge in [0.2, 0.25) is 5.91 Å². The van der Waals surface area contributed by atoms with Crippen molar-refractivity contribution in [3.63, 3.8) is 0 Å². The highest BCUT2D eigenvalue weighted by atomic mass is 32.1. The molecule has 0 aromatic carbocycles. The van der Waals surface area contributed by atoms with Crippen molar-refractivity contribution >= 4 is 17.2 Å². The fourth-order valence-electron chi connectivity index (χ4n) is 1.83. The molecule has 2 rings (SSSR count). The molecule has 0 bridgehead atoms. The summed E-state index contributed by atoms with van der Waals surface area (Å²) in [5, 5.41) is 6.49. The van der Waals surface area contributed by atoms with Gasteiger partial charge in [0.05, 0.1) is 16.7 Å². The van der Waals surface area contributed by atoms with Crippen molar-refractivity contribution in [2.75, 3.05) is 13.6 Å². The molecule has 1 unspecified atom stereocenters. The number of aromatic nitrogens is 1. The zero-order valence-corrected chi connectivity index (χ0v) is 10.5. The van der Waals surface area contributed by atoms with Crippen LogP contribution in [0.3, 0.4) is 0 Å². The Morgan fingerprint density at radius 2 is 2.50 bits per heavy atom. The van der Waals surface area contributed by atoms with Gasteiger partial charge in [-0.3, -0.25) is 4.79 Å². The summed E-state index contributed by atoms with van der Waals surface area (Å²) in [7, 11) is 1.85. The lowest BCUT2D eigenvalue weighted by Gasteiger charge is -2.10. The van der Waals surface area contributed by atoms with Crippen LogP contribution in [0.25, 0.3) is 0 Å². The van der Waals surface area contributed by atoms with Gasteiger partial charge in [0.15, 0.2) is 0 Å². The highest BCUT2D eigenvalue weighted by Crippen LogP contribution is 2.12. The van der Waals surface area contributed by atoms with E-state index in [2.05, 4.69) is 22.6 Å². The third-order valence-corrected chi connectivity index (χ3v) is 3.90. The van der Waals surface area contributed by atoms with Crippen LogP contribution in [0.1, 0.15) is 24.0 Å². The monoisotopic (exact) mass is 239 g/mol. The Morgan fingerprint density at radius 3 is 3.06 bits per heavy atom. The number of amides is 1. The van der Waals surface area contributed by atoms with Crippen molar-refractivity contribution < 1.29 is 4.79 Å². The molecular weight excluding hydrogens is 222 g/mol. The van der Waals surface area contributed by atoms with Crippen LogP contribution in [0.5, 0.6) is 0 Å². The molecular formula is C11H17N3OS. The van der Waals surface area contributed by atoms with E-state index in [1.165, 1.54) is 0 Å². The van der Waals surface area contributed by atoms with E-state index in [1.807, 2.05) is 7.05 Å². The summed E-state index contributed by atoms with van der Waals surface area (Å²) in [4.78, 5) is 17.9. The van der Waals surface area contributed by atoms with Gasteiger partial charge in [-0.05, 0) is 12.8 Å². The molecule has 1 amide bonds. The number of aryl methyl sites for hydroxylation is 1. The van der Waals surface area contributed by atoms with E-state index >= 15 is 0 Å². The lowest BCUT2D eigenvalue weighted by atomic mass is 10.2. The van der Waals surface area contributed by atoms with Gasteiger partial charge in [-0.25, -0.2) is 4.98 Å². The summed E-state index contributed by atoms with van der Waals surface area (Å²) in [6, 6.07) is -0.0169. The second kappa shape index (κ2) is 4.93. The molecule has 1 aromatic rings. The fourth-order valence-corrected chi connectivity index (χ4v) is 2.58. The number of likely N-dealkylation sites (tertiary alicyclic amines) is 1. The van der Waals surface area contributed by atoms with Gasteiger partial charge < -0.3 is 10.2 Å². The molecule has 0 spiro atoms. The van der Waals surface area contributed by atoms with Crippen molar-refractivity contribution in [1.82, 2.24) is 15.2 Å². The minimum Gasteiger partial charge on any atom is -0.344 e. The van der Waals surface area contributed by atoms with Crippen molar-refractivity contribution in [2.45, 2.75) is 32.4 Å². The minimum atomic E-state index is -0.0169. The second-order valence-corrected chi connectivity index (χ2v) is 5.01. The van der Waals surface area contributed by atoms with Crippen LogP contribution >= 0.6 is 11.3 Å². The van der Waals surface area contributed by atoms with Gasteiger partial charge in [-0.15, -0.1) is 11.3 Å². The van der Waals surface area contributed by atoms with E-state index in [-0.39, 0.29) is 11.9 Å². The molecule has 0 saturated carbocycles. The molecule has 1 aliphatic heterocycles. The van der Waals surface area contributed by atoms with E-state index in [0.29, 0.717) is 6.54 Å². The van der Waals surface area contributed by atoms with Crippen molar-refractivity contribution in [2.24, 2.45) is 0 Å². The quantitative estimate of drug-likeness (QED) is 0.853. The number of nitrogens with one attached hydrogen (secondary N) is 1. The van der Waals surface area contributed by atoms with Crippen molar-refractivity contribution in [3.8, 4) is 0 Å². The van der Waals surface area contributed by atoms with Gasteiger partial charge in [0, 0.05) is 25.5 Å². The maximum atomic E-state index is 11.6. The lowest BCUT2D eigenvalue weighted by Crippen LogP contribution is -2.36. The van der Waals surface area contributed by atoms with Crippen LogP contribution in [-0.2, 0) is 17.8 Å². The van der Waals surface area contributed by atoms with Gasteiger partial charge in [0.1, 0.15) is 0 Å². The van der Waals surface area contributed by atoms with Gasteiger partial charge >= 0.3 is 0 Å². The number of rotatable bonds is 4. The molecule has 0 aliphatic carbocycles. The van der Waals surface area contributed by atoms with Crippen LogP contribution in [0.2, 0.25) is 0 Å². The Bertz CT molecular complexity index is 377. The summed E-state index contributed by atoms with van der Waals surface area (Å²) in [5.41, 5.74) is 1.05. The van der Waals surface area contributed by atoms with Crippen LogP contribution in [0.4, 0.5) is 0 Å². The topological polar surface area (TPSA) is 45.2 Å². The Balaban J connectivity index is 1.85.